The van der Waals surface area contributed by atoms with E-state index in [1.165, 1.54) is 36.4 Å². The lowest BCUT2D eigenvalue weighted by Crippen LogP contribution is -2.34. The van der Waals surface area contributed by atoms with Crippen LogP contribution in [0.2, 0.25) is 10.0 Å². The molecule has 0 radical (unpaired) electrons. The molecule has 0 aliphatic carbocycles. The number of para-hydroxylation sites is 1. The van der Waals surface area contributed by atoms with Crippen molar-refractivity contribution in [3.8, 4) is 0 Å². The van der Waals surface area contributed by atoms with Crippen LogP contribution in [0.3, 0.4) is 0 Å². The molecule has 3 N–H and O–H groups in total. The second kappa shape index (κ2) is 11.2. The van der Waals surface area contributed by atoms with Gasteiger partial charge < -0.3 is 20.3 Å². The summed E-state index contributed by atoms with van der Waals surface area (Å²) in [6.07, 6.45) is -0.506. The van der Waals surface area contributed by atoms with E-state index < -0.39 is 40.7 Å². The number of carboxylic acid groups (broad SMARTS) is 2. The van der Waals surface area contributed by atoms with Crippen molar-refractivity contribution in [1.29, 1.82) is 0 Å². The number of hydrogen-bond acceptors (Lipinski definition) is 7. The summed E-state index contributed by atoms with van der Waals surface area (Å²) in [4.78, 5) is 47.9. The fourth-order valence-electron chi connectivity index (χ4n) is 4.10. The molecule has 0 bridgehead atoms. The Morgan fingerprint density at radius 1 is 0.972 bits per heavy atom. The minimum atomic E-state index is -1.49. The van der Waals surface area contributed by atoms with Gasteiger partial charge in [-0.3, -0.25) is 14.9 Å². The van der Waals surface area contributed by atoms with E-state index in [1.807, 2.05) is 0 Å². The fourth-order valence-corrected chi connectivity index (χ4v) is 4.72. The van der Waals surface area contributed by atoms with E-state index in [0.29, 0.717) is 5.56 Å². The number of halogens is 2. The van der Waals surface area contributed by atoms with Crippen LogP contribution in [-0.2, 0) is 25.5 Å². The number of methoxy groups -OCH3 is 1. The average molecular weight is 535 g/mol. The van der Waals surface area contributed by atoms with Crippen molar-refractivity contribution in [3.63, 3.8) is 0 Å². The lowest BCUT2D eigenvalue weighted by molar-refractivity contribution is -0.385. The third-order valence-electron chi connectivity index (χ3n) is 5.66. The molecule has 2 aromatic carbocycles. The van der Waals surface area contributed by atoms with Gasteiger partial charge in [-0.05, 0) is 25.0 Å². The number of nitro groups is 1. The monoisotopic (exact) mass is 534 g/mol. The second-order valence-electron chi connectivity index (χ2n) is 7.73. The molecule has 1 heterocycles. The van der Waals surface area contributed by atoms with Crippen LogP contribution < -0.4 is 5.32 Å². The summed E-state index contributed by atoms with van der Waals surface area (Å²) < 4.78 is 4.68. The van der Waals surface area contributed by atoms with Crippen molar-refractivity contribution < 1.29 is 34.3 Å². The summed E-state index contributed by atoms with van der Waals surface area (Å²) in [6, 6.07) is 10.4. The standard InChI is InChI=1S/C24H20Cl2N2O8/c1-36-18(29)11-16-21(24(32)33)22(19-13(25)6-4-7-14(19)26)20(23(30)31)15(27-16)10-9-12-5-2-3-8-17(12)28(34)35/h2-8,22,27H,9-11H2,1H3,(H,30,31)(H,32,33). The van der Waals surface area contributed by atoms with Crippen LogP contribution in [-0.4, -0.2) is 40.2 Å². The van der Waals surface area contributed by atoms with Gasteiger partial charge in [0.15, 0.2) is 0 Å². The molecular weight excluding hydrogens is 515 g/mol. The summed E-state index contributed by atoms with van der Waals surface area (Å²) in [6.45, 7) is 0. The second-order valence-corrected chi connectivity index (χ2v) is 8.54. The lowest BCUT2D eigenvalue weighted by Gasteiger charge is -2.32. The number of esters is 1. The Kier molecular flexibility index (Phi) is 8.33. The molecule has 12 heteroatoms. The van der Waals surface area contributed by atoms with Gasteiger partial charge in [0.05, 0.1) is 35.5 Å². The largest absolute Gasteiger partial charge is 0.478 e. The van der Waals surface area contributed by atoms with Crippen LogP contribution in [0.1, 0.15) is 29.9 Å². The molecule has 0 saturated carbocycles. The van der Waals surface area contributed by atoms with E-state index in [2.05, 4.69) is 10.1 Å². The number of carbonyl (C=O) groups excluding carboxylic acids is 1. The molecule has 0 aromatic heterocycles. The number of aryl methyl sites for hydroxylation is 1. The van der Waals surface area contributed by atoms with Gasteiger partial charge in [-0.25, -0.2) is 9.59 Å². The molecular formula is C24H20Cl2N2O8. The highest BCUT2D eigenvalue weighted by Gasteiger charge is 2.41. The number of benzene rings is 2. The molecule has 1 atom stereocenters. The minimum Gasteiger partial charge on any atom is -0.478 e. The molecule has 1 aliphatic heterocycles. The molecule has 188 valence electrons. The number of nitrogens with one attached hydrogen (secondary N) is 1. The highest BCUT2D eigenvalue weighted by molar-refractivity contribution is 6.36. The Bertz CT molecular complexity index is 1300. The molecule has 3 rings (SSSR count). The molecule has 36 heavy (non-hydrogen) atoms. The Morgan fingerprint density at radius 2 is 1.56 bits per heavy atom. The smallest absolute Gasteiger partial charge is 0.334 e. The molecule has 1 unspecified atom stereocenters. The molecule has 0 fully saturated rings. The fraction of sp³-hybridized carbons (Fsp3) is 0.208. The van der Waals surface area contributed by atoms with Gasteiger partial charge in [-0.2, -0.15) is 0 Å². The number of aliphatic carboxylic acids is 2. The van der Waals surface area contributed by atoms with E-state index in [1.54, 1.807) is 6.07 Å². The maximum atomic E-state index is 12.5. The predicted octanol–water partition coefficient (Wildman–Crippen LogP) is 4.46. The van der Waals surface area contributed by atoms with Crippen molar-refractivity contribution in [2.45, 2.75) is 25.2 Å². The third kappa shape index (κ3) is 5.50. The van der Waals surface area contributed by atoms with E-state index >= 15 is 0 Å². The highest BCUT2D eigenvalue weighted by Crippen LogP contribution is 2.45. The number of dihydropyridines is 1. The van der Waals surface area contributed by atoms with Crippen LogP contribution in [0.25, 0.3) is 0 Å². The normalized spacial score (nSPS) is 15.4. The Hall–Kier alpha value is -3.89. The molecule has 2 aromatic rings. The summed E-state index contributed by atoms with van der Waals surface area (Å²) in [5.41, 5.74) is -0.576. The van der Waals surface area contributed by atoms with Crippen LogP contribution in [0.15, 0.2) is 65.0 Å². The number of carboxylic acids is 2. The van der Waals surface area contributed by atoms with Gasteiger partial charge in [0.25, 0.3) is 5.69 Å². The average Bonchev–Trinajstić information content (AvgIpc) is 2.81. The quantitative estimate of drug-likeness (QED) is 0.240. The zero-order valence-electron chi connectivity index (χ0n) is 18.8. The van der Waals surface area contributed by atoms with Crippen molar-refractivity contribution in [2.75, 3.05) is 7.11 Å². The minimum absolute atomic E-state index is 0.0300. The zero-order chi connectivity index (χ0) is 26.6. The number of nitro benzene ring substituents is 1. The zero-order valence-corrected chi connectivity index (χ0v) is 20.3. The highest BCUT2D eigenvalue weighted by atomic mass is 35.5. The summed E-state index contributed by atoms with van der Waals surface area (Å²) >= 11 is 12.7. The van der Waals surface area contributed by atoms with Gasteiger partial charge >= 0.3 is 17.9 Å². The Balaban J connectivity index is 2.22. The van der Waals surface area contributed by atoms with Crippen LogP contribution in [0, 0.1) is 10.1 Å². The van der Waals surface area contributed by atoms with Crippen LogP contribution in [0.4, 0.5) is 5.69 Å². The van der Waals surface area contributed by atoms with Gasteiger partial charge in [0, 0.05) is 38.6 Å². The first-order valence-electron chi connectivity index (χ1n) is 10.5. The number of ether oxygens (including phenoxy) is 1. The van der Waals surface area contributed by atoms with Crippen molar-refractivity contribution in [2.24, 2.45) is 0 Å². The first-order valence-corrected chi connectivity index (χ1v) is 11.2. The number of carbonyl (C=O) groups is 3. The SMILES string of the molecule is COC(=O)CC1=C(C(=O)O)C(c2c(Cl)cccc2Cl)C(C(=O)O)=C(CCc2ccccc2[N+](=O)[O-])N1. The first kappa shape index (κ1) is 26.7. The third-order valence-corrected chi connectivity index (χ3v) is 6.32. The molecule has 0 spiro atoms. The van der Waals surface area contributed by atoms with E-state index in [9.17, 15) is 34.7 Å². The van der Waals surface area contributed by atoms with Gasteiger partial charge in [-0.15, -0.1) is 0 Å². The maximum absolute atomic E-state index is 12.5. The Morgan fingerprint density at radius 3 is 2.11 bits per heavy atom. The van der Waals surface area contributed by atoms with Crippen molar-refractivity contribution in [3.05, 3.63) is 96.3 Å². The van der Waals surface area contributed by atoms with E-state index in [-0.39, 0.29) is 51.1 Å². The molecule has 1 aliphatic rings. The Labute approximate surface area is 214 Å². The summed E-state index contributed by atoms with van der Waals surface area (Å²) in [5.74, 6) is -5.14. The maximum Gasteiger partial charge on any atom is 0.334 e. The summed E-state index contributed by atoms with van der Waals surface area (Å²) in [5, 5.41) is 34.5. The number of hydrogen-bond donors (Lipinski definition) is 3. The number of nitrogens with zero attached hydrogens (tertiary/aromatic N) is 1. The predicted molar refractivity (Wildman–Crippen MR) is 130 cm³/mol. The van der Waals surface area contributed by atoms with Gasteiger partial charge in [0.2, 0.25) is 0 Å². The number of rotatable bonds is 9. The summed E-state index contributed by atoms with van der Waals surface area (Å²) in [7, 11) is 1.13. The van der Waals surface area contributed by atoms with E-state index in [4.69, 9.17) is 23.2 Å². The van der Waals surface area contributed by atoms with Crippen molar-refractivity contribution in [1.82, 2.24) is 5.32 Å². The molecule has 0 amide bonds. The van der Waals surface area contributed by atoms with Crippen LogP contribution >= 0.6 is 23.2 Å². The molecule has 0 saturated heterocycles. The van der Waals surface area contributed by atoms with Crippen LogP contribution in [0.5, 0.6) is 0 Å². The van der Waals surface area contributed by atoms with Gasteiger partial charge in [-0.1, -0.05) is 47.5 Å². The van der Waals surface area contributed by atoms with Crippen molar-refractivity contribution >= 4 is 46.8 Å². The topological polar surface area (TPSA) is 156 Å². The first-order chi connectivity index (χ1) is 17.1. The molecule has 10 nitrogen and oxygen atoms in total. The van der Waals surface area contributed by atoms with Gasteiger partial charge in [0.1, 0.15) is 0 Å². The number of allylic oxidation sites excluding steroid dienone is 1. The lowest BCUT2D eigenvalue weighted by atomic mass is 9.78. The van der Waals surface area contributed by atoms with E-state index in [0.717, 1.165) is 7.11 Å².